The molecule has 0 aromatic heterocycles. The summed E-state index contributed by atoms with van der Waals surface area (Å²) >= 11 is 0. The van der Waals surface area contributed by atoms with Crippen LogP contribution in [-0.2, 0) is 6.42 Å². The highest BCUT2D eigenvalue weighted by molar-refractivity contribution is 5.39. The smallest absolute Gasteiger partial charge is 0.119 e. The van der Waals surface area contributed by atoms with E-state index in [-0.39, 0.29) is 6.10 Å². The third kappa shape index (κ3) is 3.22. The van der Waals surface area contributed by atoms with Gasteiger partial charge in [0.05, 0.1) is 12.7 Å². The summed E-state index contributed by atoms with van der Waals surface area (Å²) in [6.07, 6.45) is 2.59. The highest BCUT2D eigenvalue weighted by atomic mass is 16.5. The zero-order chi connectivity index (χ0) is 12.5. The molecule has 17 heavy (non-hydrogen) atoms. The average molecular weight is 234 g/mol. The van der Waals surface area contributed by atoms with Gasteiger partial charge >= 0.3 is 0 Å². The number of hydrogen-bond donors (Lipinski definition) is 1. The van der Waals surface area contributed by atoms with Crippen molar-refractivity contribution < 1.29 is 9.84 Å². The minimum atomic E-state index is -0.270. The summed E-state index contributed by atoms with van der Waals surface area (Å²) in [5.74, 6) is 0.933. The molecule has 94 valence electrons. The molecule has 0 bridgehead atoms. The molecular weight excluding hydrogens is 212 g/mol. The van der Waals surface area contributed by atoms with Gasteiger partial charge in [-0.1, -0.05) is 26.8 Å². The number of hydrogen-bond acceptors (Lipinski definition) is 2. The molecule has 0 spiro atoms. The first-order valence-corrected chi connectivity index (χ1v) is 6.39. The number of aryl methyl sites for hydroxylation is 1. The second-order valence-electron chi connectivity index (χ2n) is 6.07. The fourth-order valence-electron chi connectivity index (χ4n) is 2.14. The first-order valence-electron chi connectivity index (χ1n) is 6.39. The van der Waals surface area contributed by atoms with Crippen LogP contribution in [0.4, 0.5) is 0 Å². The van der Waals surface area contributed by atoms with Crippen LogP contribution in [0.1, 0.15) is 50.8 Å². The van der Waals surface area contributed by atoms with E-state index in [0.29, 0.717) is 5.41 Å². The van der Waals surface area contributed by atoms with E-state index in [2.05, 4.69) is 26.8 Å². The lowest BCUT2D eigenvalue weighted by Crippen LogP contribution is -2.11. The SMILES string of the molecule is CC(C)(C)CCOc1ccc2c(c1)CCC2O. The van der Waals surface area contributed by atoms with Crippen molar-refractivity contribution in [2.24, 2.45) is 5.41 Å². The summed E-state index contributed by atoms with van der Waals surface area (Å²) in [7, 11) is 0. The number of benzene rings is 1. The maximum atomic E-state index is 9.71. The average Bonchev–Trinajstić information content (AvgIpc) is 2.58. The van der Waals surface area contributed by atoms with Gasteiger partial charge in [0.25, 0.3) is 0 Å². The summed E-state index contributed by atoms with van der Waals surface area (Å²) in [5.41, 5.74) is 2.63. The van der Waals surface area contributed by atoms with Crippen LogP contribution in [0.2, 0.25) is 0 Å². The third-order valence-corrected chi connectivity index (χ3v) is 3.28. The van der Waals surface area contributed by atoms with Gasteiger partial charge in [-0.05, 0) is 47.9 Å². The Morgan fingerprint density at radius 2 is 2.12 bits per heavy atom. The first-order chi connectivity index (χ1) is 7.96. The number of ether oxygens (including phenoxy) is 1. The molecule has 1 N–H and O–H groups in total. The Hall–Kier alpha value is -1.02. The van der Waals surface area contributed by atoms with Crippen LogP contribution in [0.3, 0.4) is 0 Å². The van der Waals surface area contributed by atoms with Crippen LogP contribution in [0, 0.1) is 5.41 Å². The van der Waals surface area contributed by atoms with Crippen molar-refractivity contribution in [2.75, 3.05) is 6.61 Å². The van der Waals surface area contributed by atoms with Crippen LogP contribution in [0.25, 0.3) is 0 Å². The number of rotatable bonds is 3. The Morgan fingerprint density at radius 3 is 2.82 bits per heavy atom. The third-order valence-electron chi connectivity index (χ3n) is 3.28. The minimum Gasteiger partial charge on any atom is -0.494 e. The minimum absolute atomic E-state index is 0.270. The lowest BCUT2D eigenvalue weighted by molar-refractivity contribution is 0.180. The number of fused-ring (bicyclic) bond motifs is 1. The fourth-order valence-corrected chi connectivity index (χ4v) is 2.14. The van der Waals surface area contributed by atoms with Crippen molar-refractivity contribution >= 4 is 0 Å². The second kappa shape index (κ2) is 4.69. The van der Waals surface area contributed by atoms with Gasteiger partial charge in [-0.2, -0.15) is 0 Å². The van der Waals surface area contributed by atoms with Gasteiger partial charge in [0.1, 0.15) is 5.75 Å². The van der Waals surface area contributed by atoms with Crippen molar-refractivity contribution in [3.05, 3.63) is 29.3 Å². The van der Waals surface area contributed by atoms with Crippen molar-refractivity contribution in [3.63, 3.8) is 0 Å². The highest BCUT2D eigenvalue weighted by Crippen LogP contribution is 2.33. The lowest BCUT2D eigenvalue weighted by atomic mass is 9.93. The molecule has 1 atom stereocenters. The zero-order valence-corrected chi connectivity index (χ0v) is 11.0. The van der Waals surface area contributed by atoms with Crippen molar-refractivity contribution in [1.82, 2.24) is 0 Å². The Balaban J connectivity index is 1.95. The Kier molecular flexibility index (Phi) is 3.43. The molecule has 1 unspecified atom stereocenters. The molecule has 2 rings (SSSR count). The predicted octanol–water partition coefficient (Wildman–Crippen LogP) is 3.48. The van der Waals surface area contributed by atoms with Crippen LogP contribution in [-0.4, -0.2) is 11.7 Å². The molecule has 1 aromatic rings. The van der Waals surface area contributed by atoms with E-state index in [4.69, 9.17) is 4.74 Å². The number of aliphatic hydroxyl groups is 1. The van der Waals surface area contributed by atoms with E-state index in [1.807, 2.05) is 12.1 Å². The molecule has 0 saturated carbocycles. The van der Waals surface area contributed by atoms with E-state index in [1.165, 1.54) is 5.56 Å². The van der Waals surface area contributed by atoms with Gasteiger partial charge in [0.2, 0.25) is 0 Å². The Labute approximate surface area is 104 Å². The van der Waals surface area contributed by atoms with Crippen LogP contribution in [0.5, 0.6) is 5.75 Å². The molecule has 0 heterocycles. The van der Waals surface area contributed by atoms with Gasteiger partial charge in [0, 0.05) is 0 Å². The van der Waals surface area contributed by atoms with Crippen molar-refractivity contribution in [3.8, 4) is 5.75 Å². The summed E-state index contributed by atoms with van der Waals surface area (Å²) in [6, 6.07) is 6.05. The molecule has 1 aromatic carbocycles. The van der Waals surface area contributed by atoms with Crippen LogP contribution >= 0.6 is 0 Å². The molecule has 1 aliphatic carbocycles. The molecule has 0 radical (unpaired) electrons. The van der Waals surface area contributed by atoms with Gasteiger partial charge in [-0.3, -0.25) is 0 Å². The normalized spacial score (nSPS) is 19.2. The van der Waals surface area contributed by atoms with E-state index in [0.717, 1.165) is 37.2 Å². The molecule has 2 nitrogen and oxygen atoms in total. The summed E-state index contributed by atoms with van der Waals surface area (Å²) < 4.78 is 5.76. The predicted molar refractivity (Wildman–Crippen MR) is 69.3 cm³/mol. The highest BCUT2D eigenvalue weighted by Gasteiger charge is 2.20. The molecule has 2 heteroatoms. The van der Waals surface area contributed by atoms with Crippen LogP contribution < -0.4 is 4.74 Å². The number of aliphatic hydroxyl groups excluding tert-OH is 1. The van der Waals surface area contributed by atoms with Crippen molar-refractivity contribution in [2.45, 2.75) is 46.1 Å². The monoisotopic (exact) mass is 234 g/mol. The molecule has 0 fully saturated rings. The van der Waals surface area contributed by atoms with Gasteiger partial charge < -0.3 is 9.84 Å². The van der Waals surface area contributed by atoms with E-state index < -0.39 is 0 Å². The molecular formula is C15H22O2. The largest absolute Gasteiger partial charge is 0.494 e. The lowest BCUT2D eigenvalue weighted by Gasteiger charge is -2.18. The maximum absolute atomic E-state index is 9.71. The van der Waals surface area contributed by atoms with Gasteiger partial charge in [-0.15, -0.1) is 0 Å². The Bertz CT molecular complexity index is 390. The Morgan fingerprint density at radius 1 is 1.35 bits per heavy atom. The zero-order valence-electron chi connectivity index (χ0n) is 11.0. The van der Waals surface area contributed by atoms with Crippen LogP contribution in [0.15, 0.2) is 18.2 Å². The standard InChI is InChI=1S/C15H22O2/c1-15(2,3)8-9-17-12-5-6-13-11(10-12)4-7-14(13)16/h5-6,10,14,16H,4,7-9H2,1-3H3. The van der Waals surface area contributed by atoms with Gasteiger partial charge in [-0.25, -0.2) is 0 Å². The first kappa shape index (κ1) is 12.4. The van der Waals surface area contributed by atoms with Crippen molar-refractivity contribution in [1.29, 1.82) is 0 Å². The van der Waals surface area contributed by atoms with E-state index in [1.54, 1.807) is 0 Å². The molecule has 0 saturated heterocycles. The van der Waals surface area contributed by atoms with Gasteiger partial charge in [0.15, 0.2) is 0 Å². The van der Waals surface area contributed by atoms with E-state index in [9.17, 15) is 5.11 Å². The summed E-state index contributed by atoms with van der Waals surface area (Å²) in [5, 5.41) is 9.71. The molecule has 0 amide bonds. The fraction of sp³-hybridized carbons (Fsp3) is 0.600. The molecule has 0 aliphatic heterocycles. The summed E-state index contributed by atoms with van der Waals surface area (Å²) in [4.78, 5) is 0. The topological polar surface area (TPSA) is 29.5 Å². The van der Waals surface area contributed by atoms with E-state index >= 15 is 0 Å². The molecule has 1 aliphatic rings. The maximum Gasteiger partial charge on any atom is 0.119 e. The second-order valence-corrected chi connectivity index (χ2v) is 6.07. The quantitative estimate of drug-likeness (QED) is 0.867. The summed E-state index contributed by atoms with van der Waals surface area (Å²) in [6.45, 7) is 7.41.